The zero-order valence-electron chi connectivity index (χ0n) is 15.1. The maximum absolute atomic E-state index is 12.1. The van der Waals surface area contributed by atoms with E-state index in [1.165, 1.54) is 16.3 Å². The second kappa shape index (κ2) is 7.81. The number of carbonyl (C=O) groups is 1. The molecule has 0 spiro atoms. The largest absolute Gasteiger partial charge is 0.390 e. The van der Waals surface area contributed by atoms with Crippen LogP contribution < -0.4 is 5.32 Å². The molecule has 0 radical (unpaired) electrons. The smallest absolute Gasteiger partial charge is 0.358 e. The van der Waals surface area contributed by atoms with Gasteiger partial charge in [0.05, 0.1) is 41.8 Å². The summed E-state index contributed by atoms with van der Waals surface area (Å²) in [6.45, 7) is 4.64. The third-order valence-corrected chi connectivity index (χ3v) is 4.09. The van der Waals surface area contributed by atoms with E-state index in [4.69, 9.17) is 0 Å². The van der Waals surface area contributed by atoms with Gasteiger partial charge in [0.1, 0.15) is 0 Å². The Morgan fingerprint density at radius 1 is 1.26 bits per heavy atom. The van der Waals surface area contributed by atoms with E-state index in [9.17, 15) is 14.9 Å². The minimum Gasteiger partial charge on any atom is -0.358 e. The van der Waals surface area contributed by atoms with Gasteiger partial charge in [0.2, 0.25) is 5.91 Å². The Morgan fingerprint density at radius 2 is 2.00 bits per heavy atom. The van der Waals surface area contributed by atoms with Gasteiger partial charge in [0.25, 0.3) is 0 Å². The molecular weight excluding hydrogens is 348 g/mol. The lowest BCUT2D eigenvalue weighted by Gasteiger charge is -2.03. The highest BCUT2D eigenvalue weighted by Gasteiger charge is 2.16. The Balaban J connectivity index is 1.53. The molecule has 3 rings (SSSR count). The van der Waals surface area contributed by atoms with E-state index in [1.54, 1.807) is 24.0 Å². The Kier molecular flexibility index (Phi) is 5.30. The van der Waals surface area contributed by atoms with Crippen molar-refractivity contribution in [3.63, 3.8) is 0 Å². The fourth-order valence-corrected chi connectivity index (χ4v) is 2.63. The summed E-state index contributed by atoms with van der Waals surface area (Å²) in [5.74, 6) is -0.423. The highest BCUT2D eigenvalue weighted by atomic mass is 16.6. The quantitative estimate of drug-likeness (QED) is 0.509. The van der Waals surface area contributed by atoms with Crippen LogP contribution in [0.3, 0.4) is 0 Å². The summed E-state index contributed by atoms with van der Waals surface area (Å²) in [7, 11) is 0. The van der Waals surface area contributed by atoms with Crippen LogP contribution in [0, 0.1) is 24.0 Å². The number of nitrogens with one attached hydrogen (secondary N) is 1. The summed E-state index contributed by atoms with van der Waals surface area (Å²) >= 11 is 0. The summed E-state index contributed by atoms with van der Waals surface area (Å²) in [5, 5.41) is 21.6. The third-order valence-electron chi connectivity index (χ3n) is 4.09. The van der Waals surface area contributed by atoms with Crippen molar-refractivity contribution in [1.29, 1.82) is 0 Å². The molecule has 0 saturated heterocycles. The lowest BCUT2D eigenvalue weighted by Crippen LogP contribution is -2.15. The fraction of sp³-hybridized carbons (Fsp3) is 0.278. The van der Waals surface area contributed by atoms with E-state index in [-0.39, 0.29) is 24.7 Å². The number of benzene rings is 1. The number of nitrogens with zero attached hydrogens (tertiary/aromatic N) is 5. The van der Waals surface area contributed by atoms with E-state index in [0.717, 1.165) is 5.56 Å². The normalized spacial score (nSPS) is 10.7. The molecule has 27 heavy (non-hydrogen) atoms. The molecule has 3 aromatic rings. The Morgan fingerprint density at radius 3 is 2.67 bits per heavy atom. The maximum Gasteiger partial charge on any atom is 0.390 e. The molecule has 0 unspecified atom stereocenters. The Labute approximate surface area is 155 Å². The van der Waals surface area contributed by atoms with Crippen molar-refractivity contribution in [1.82, 2.24) is 19.6 Å². The lowest BCUT2D eigenvalue weighted by molar-refractivity contribution is -0.389. The van der Waals surface area contributed by atoms with Crippen LogP contribution in [0.5, 0.6) is 0 Å². The molecule has 0 aliphatic rings. The van der Waals surface area contributed by atoms with Crippen LogP contribution in [0.25, 0.3) is 0 Å². The fourth-order valence-electron chi connectivity index (χ4n) is 2.63. The van der Waals surface area contributed by atoms with Crippen LogP contribution in [0.1, 0.15) is 23.2 Å². The van der Waals surface area contributed by atoms with Crippen LogP contribution in [0.2, 0.25) is 0 Å². The maximum atomic E-state index is 12.1. The molecule has 1 aromatic carbocycles. The molecule has 0 bridgehead atoms. The number of amides is 1. The number of nitro groups is 1. The number of carbonyl (C=O) groups excluding carboxylic acids is 1. The molecule has 0 fully saturated rings. The second-order valence-corrected chi connectivity index (χ2v) is 6.33. The van der Waals surface area contributed by atoms with E-state index in [1.807, 2.05) is 31.2 Å². The standard InChI is InChI=1S/C18H20N6O3/c1-13-3-5-15(6-4-13)11-22-12-16(10-19-22)20-18(25)7-8-23-14(2)9-17(21-23)24(26)27/h3-6,9-10,12H,7-8,11H2,1-2H3,(H,20,25). The number of hydrogen-bond donors (Lipinski definition) is 1. The first-order valence-electron chi connectivity index (χ1n) is 8.47. The Bertz CT molecular complexity index is 958. The van der Waals surface area contributed by atoms with Gasteiger partial charge in [-0.2, -0.15) is 9.78 Å². The van der Waals surface area contributed by atoms with E-state index in [2.05, 4.69) is 15.5 Å². The van der Waals surface area contributed by atoms with Crippen molar-refractivity contribution in [2.45, 2.75) is 33.4 Å². The molecule has 1 N–H and O–H groups in total. The van der Waals surface area contributed by atoms with Gasteiger partial charge in [-0.1, -0.05) is 29.8 Å². The topological polar surface area (TPSA) is 108 Å². The SMILES string of the molecule is Cc1ccc(Cn2cc(NC(=O)CCn3nc([N+](=O)[O-])cc3C)cn2)cc1. The van der Waals surface area contributed by atoms with Gasteiger partial charge >= 0.3 is 5.82 Å². The highest BCUT2D eigenvalue weighted by Crippen LogP contribution is 2.12. The molecule has 2 heterocycles. The van der Waals surface area contributed by atoms with Crippen LogP contribution in [-0.2, 0) is 17.9 Å². The number of anilines is 1. The lowest BCUT2D eigenvalue weighted by atomic mass is 10.1. The number of hydrogen-bond acceptors (Lipinski definition) is 5. The molecule has 1 amide bonds. The molecule has 9 nitrogen and oxygen atoms in total. The molecule has 0 aliphatic carbocycles. The van der Waals surface area contributed by atoms with Gasteiger partial charge in [-0.25, -0.2) is 0 Å². The average Bonchev–Trinajstić information content (AvgIpc) is 3.21. The predicted molar refractivity (Wildman–Crippen MR) is 99.4 cm³/mol. The monoisotopic (exact) mass is 368 g/mol. The third kappa shape index (κ3) is 4.78. The van der Waals surface area contributed by atoms with Crippen molar-refractivity contribution >= 4 is 17.4 Å². The van der Waals surface area contributed by atoms with Crippen molar-refractivity contribution in [2.24, 2.45) is 0 Å². The van der Waals surface area contributed by atoms with Crippen LogP contribution in [-0.4, -0.2) is 30.4 Å². The minimum atomic E-state index is -0.550. The van der Waals surface area contributed by atoms with Gasteiger partial charge in [-0.05, 0) is 24.3 Å². The molecule has 0 saturated carbocycles. The zero-order chi connectivity index (χ0) is 19.4. The van der Waals surface area contributed by atoms with Crippen molar-refractivity contribution < 1.29 is 9.72 Å². The zero-order valence-corrected chi connectivity index (χ0v) is 15.1. The van der Waals surface area contributed by atoms with E-state index >= 15 is 0 Å². The molecule has 9 heteroatoms. The number of aryl methyl sites for hydroxylation is 3. The van der Waals surface area contributed by atoms with Crippen LogP contribution in [0.15, 0.2) is 42.7 Å². The molecule has 2 aromatic heterocycles. The second-order valence-electron chi connectivity index (χ2n) is 6.33. The molecular formula is C18H20N6O3. The minimum absolute atomic E-state index is 0.156. The van der Waals surface area contributed by atoms with Crippen LogP contribution in [0.4, 0.5) is 11.5 Å². The summed E-state index contributed by atoms with van der Waals surface area (Å²) in [6.07, 6.45) is 3.51. The van der Waals surface area contributed by atoms with Gasteiger partial charge in [-0.15, -0.1) is 0 Å². The first-order chi connectivity index (χ1) is 12.9. The average molecular weight is 368 g/mol. The molecule has 0 atom stereocenters. The first kappa shape index (κ1) is 18.3. The van der Waals surface area contributed by atoms with Crippen LogP contribution >= 0.6 is 0 Å². The van der Waals surface area contributed by atoms with Gasteiger partial charge in [0, 0.05) is 12.6 Å². The first-order valence-corrected chi connectivity index (χ1v) is 8.47. The summed E-state index contributed by atoms with van der Waals surface area (Å²) in [5.41, 5.74) is 3.57. The predicted octanol–water partition coefficient (Wildman–Crippen LogP) is 2.68. The molecule has 0 aliphatic heterocycles. The van der Waals surface area contributed by atoms with Gasteiger partial charge < -0.3 is 15.4 Å². The van der Waals surface area contributed by atoms with Gasteiger partial charge in [0.15, 0.2) is 0 Å². The summed E-state index contributed by atoms with van der Waals surface area (Å²) in [4.78, 5) is 22.3. The number of aromatic nitrogens is 4. The summed E-state index contributed by atoms with van der Waals surface area (Å²) < 4.78 is 3.21. The Hall–Kier alpha value is -3.49. The van der Waals surface area contributed by atoms with Crippen molar-refractivity contribution in [3.8, 4) is 0 Å². The summed E-state index contributed by atoms with van der Waals surface area (Å²) in [6, 6.07) is 9.56. The van der Waals surface area contributed by atoms with E-state index in [0.29, 0.717) is 17.9 Å². The van der Waals surface area contributed by atoms with Gasteiger partial charge in [-0.3, -0.25) is 9.48 Å². The van der Waals surface area contributed by atoms with Crippen molar-refractivity contribution in [2.75, 3.05) is 5.32 Å². The highest BCUT2D eigenvalue weighted by molar-refractivity contribution is 5.90. The number of rotatable bonds is 7. The van der Waals surface area contributed by atoms with Crippen molar-refractivity contribution in [3.05, 3.63) is 69.7 Å². The molecule has 140 valence electrons. The van der Waals surface area contributed by atoms with E-state index < -0.39 is 4.92 Å².